The van der Waals surface area contributed by atoms with Gasteiger partial charge in [0.15, 0.2) is 11.5 Å². The van der Waals surface area contributed by atoms with Crippen LogP contribution in [0.15, 0.2) is 71.8 Å². The van der Waals surface area contributed by atoms with Crippen molar-refractivity contribution in [3.05, 3.63) is 88.4 Å². The molecule has 0 radical (unpaired) electrons. The van der Waals surface area contributed by atoms with E-state index in [-0.39, 0.29) is 19.3 Å². The zero-order valence-electron chi connectivity index (χ0n) is 19.9. The second kappa shape index (κ2) is 11.6. The molecule has 1 aliphatic rings. The van der Waals surface area contributed by atoms with E-state index in [4.69, 9.17) is 25.8 Å². The maximum atomic E-state index is 12.8. The summed E-state index contributed by atoms with van der Waals surface area (Å²) in [5.74, 6) is 0.647. The van der Waals surface area contributed by atoms with Crippen LogP contribution in [-0.4, -0.2) is 30.9 Å². The van der Waals surface area contributed by atoms with Crippen molar-refractivity contribution in [2.75, 3.05) is 6.79 Å². The normalized spacial score (nSPS) is 13.0. The molecule has 0 aromatic heterocycles. The lowest BCUT2D eigenvalue weighted by Crippen LogP contribution is -2.48. The van der Waals surface area contributed by atoms with Crippen molar-refractivity contribution in [3.8, 4) is 17.2 Å². The number of hydrogen-bond acceptors (Lipinski definition) is 6. The molecule has 1 heterocycles. The molecule has 1 atom stereocenters. The summed E-state index contributed by atoms with van der Waals surface area (Å²) in [7, 11) is 0. The lowest BCUT2D eigenvalue weighted by molar-refractivity contribution is -0.123. The van der Waals surface area contributed by atoms with E-state index in [9.17, 15) is 9.59 Å². The molecule has 1 unspecified atom stereocenters. The van der Waals surface area contributed by atoms with Crippen molar-refractivity contribution in [2.45, 2.75) is 26.5 Å². The van der Waals surface area contributed by atoms with Crippen molar-refractivity contribution >= 4 is 29.6 Å². The molecule has 4 rings (SSSR count). The Morgan fingerprint density at radius 2 is 1.81 bits per heavy atom. The minimum Gasteiger partial charge on any atom is -0.488 e. The Morgan fingerprint density at radius 3 is 2.61 bits per heavy atom. The number of carbonyl (C=O) groups is 2. The van der Waals surface area contributed by atoms with Crippen molar-refractivity contribution in [1.29, 1.82) is 0 Å². The second-order valence-corrected chi connectivity index (χ2v) is 8.82. The Balaban J connectivity index is 1.38. The molecule has 2 amide bonds. The summed E-state index contributed by atoms with van der Waals surface area (Å²) < 4.78 is 16.5. The molecule has 1 aliphatic heterocycles. The number of halogens is 1. The zero-order chi connectivity index (χ0) is 25.5. The van der Waals surface area contributed by atoms with Gasteiger partial charge in [0.2, 0.25) is 6.79 Å². The summed E-state index contributed by atoms with van der Waals surface area (Å²) in [6.07, 6.45) is 1.50. The minimum absolute atomic E-state index is 0.115. The number of carbonyl (C=O) groups excluding carboxylic acids is 2. The maximum absolute atomic E-state index is 12.8. The fourth-order valence-corrected chi connectivity index (χ4v) is 3.71. The molecule has 0 saturated carbocycles. The Kier molecular flexibility index (Phi) is 8.07. The van der Waals surface area contributed by atoms with Crippen LogP contribution in [0.3, 0.4) is 0 Å². The lowest BCUT2D eigenvalue weighted by atomic mass is 10.0. The van der Waals surface area contributed by atoms with E-state index in [0.29, 0.717) is 33.4 Å². The van der Waals surface area contributed by atoms with Crippen LogP contribution >= 0.6 is 11.6 Å². The minimum atomic E-state index is -0.799. The number of nitrogens with one attached hydrogen (secondary N) is 2. The molecule has 8 nitrogen and oxygen atoms in total. The number of amides is 2. The van der Waals surface area contributed by atoms with Gasteiger partial charge in [-0.15, -0.1) is 0 Å². The smallest absolute Gasteiger partial charge is 0.262 e. The van der Waals surface area contributed by atoms with Gasteiger partial charge in [-0.25, -0.2) is 5.43 Å². The first-order chi connectivity index (χ1) is 17.4. The Bertz CT molecular complexity index is 1280. The predicted octanol–water partition coefficient (Wildman–Crippen LogP) is 4.55. The molecular formula is C27H26ClN3O5. The molecule has 186 valence electrons. The van der Waals surface area contributed by atoms with Gasteiger partial charge in [-0.2, -0.15) is 5.10 Å². The van der Waals surface area contributed by atoms with E-state index in [2.05, 4.69) is 15.8 Å². The largest absolute Gasteiger partial charge is 0.488 e. The SMILES string of the molecule is CC(C)C(NC(=O)c1ccc2c(c1)OCO2)C(=O)NN=Cc1ccccc1OCc1ccccc1Cl. The molecule has 0 saturated heterocycles. The first kappa shape index (κ1) is 25.1. The van der Waals surface area contributed by atoms with E-state index >= 15 is 0 Å². The van der Waals surface area contributed by atoms with Gasteiger partial charge in [0.1, 0.15) is 18.4 Å². The number of benzene rings is 3. The fraction of sp³-hybridized carbons (Fsp3) is 0.222. The van der Waals surface area contributed by atoms with E-state index in [1.165, 1.54) is 6.21 Å². The summed E-state index contributed by atoms with van der Waals surface area (Å²) in [6.45, 7) is 4.08. The summed E-state index contributed by atoms with van der Waals surface area (Å²) in [4.78, 5) is 25.6. The predicted molar refractivity (Wildman–Crippen MR) is 137 cm³/mol. The summed E-state index contributed by atoms with van der Waals surface area (Å²) in [5.41, 5.74) is 4.42. The third kappa shape index (κ3) is 6.14. The summed E-state index contributed by atoms with van der Waals surface area (Å²) in [6, 6.07) is 18.8. The highest BCUT2D eigenvalue weighted by Crippen LogP contribution is 2.32. The van der Waals surface area contributed by atoms with Gasteiger partial charge in [0, 0.05) is 21.7 Å². The number of para-hydroxylation sites is 1. The van der Waals surface area contributed by atoms with Crippen LogP contribution in [0.2, 0.25) is 5.02 Å². The molecule has 36 heavy (non-hydrogen) atoms. The highest BCUT2D eigenvalue weighted by atomic mass is 35.5. The first-order valence-corrected chi connectivity index (χ1v) is 11.8. The van der Waals surface area contributed by atoms with Gasteiger partial charge in [0.25, 0.3) is 11.8 Å². The maximum Gasteiger partial charge on any atom is 0.262 e. The molecule has 0 aliphatic carbocycles. The quantitative estimate of drug-likeness (QED) is 0.327. The average molecular weight is 508 g/mol. The number of nitrogens with zero attached hydrogens (tertiary/aromatic N) is 1. The first-order valence-electron chi connectivity index (χ1n) is 11.4. The van der Waals surface area contributed by atoms with Crippen LogP contribution in [0.25, 0.3) is 0 Å². The summed E-state index contributed by atoms with van der Waals surface area (Å²) in [5, 5.41) is 7.48. The number of fused-ring (bicyclic) bond motifs is 1. The molecule has 0 spiro atoms. The topological polar surface area (TPSA) is 98.2 Å². The van der Waals surface area contributed by atoms with Crippen LogP contribution in [0, 0.1) is 5.92 Å². The van der Waals surface area contributed by atoms with Crippen LogP contribution in [0.5, 0.6) is 17.2 Å². The molecule has 0 bridgehead atoms. The third-order valence-electron chi connectivity index (χ3n) is 5.51. The highest BCUT2D eigenvalue weighted by molar-refractivity contribution is 6.31. The van der Waals surface area contributed by atoms with Gasteiger partial charge >= 0.3 is 0 Å². The number of hydrogen-bond donors (Lipinski definition) is 2. The standard InChI is InChI=1S/C27H26ClN3O5/c1-17(2)25(30-26(32)18-11-12-23-24(13-18)36-16-35-23)27(33)31-29-14-19-7-4-6-10-22(19)34-15-20-8-3-5-9-21(20)28/h3-14,17,25H,15-16H2,1-2H3,(H,30,32)(H,31,33). The van der Waals surface area contributed by atoms with E-state index in [1.54, 1.807) is 24.3 Å². The highest BCUT2D eigenvalue weighted by Gasteiger charge is 2.25. The molecule has 3 aromatic carbocycles. The van der Waals surface area contributed by atoms with Gasteiger partial charge in [-0.3, -0.25) is 9.59 Å². The van der Waals surface area contributed by atoms with E-state index in [0.717, 1.165) is 5.56 Å². The number of ether oxygens (including phenoxy) is 3. The Morgan fingerprint density at radius 1 is 1.06 bits per heavy atom. The average Bonchev–Trinajstić information content (AvgIpc) is 3.35. The van der Waals surface area contributed by atoms with Crippen LogP contribution < -0.4 is 25.0 Å². The van der Waals surface area contributed by atoms with Gasteiger partial charge < -0.3 is 19.5 Å². The van der Waals surface area contributed by atoms with Crippen molar-refractivity contribution < 1.29 is 23.8 Å². The van der Waals surface area contributed by atoms with E-state index in [1.807, 2.05) is 56.3 Å². The fourth-order valence-electron chi connectivity index (χ4n) is 3.52. The molecule has 9 heteroatoms. The Hall–Kier alpha value is -4.04. The molecular weight excluding hydrogens is 482 g/mol. The Labute approximate surface area is 214 Å². The van der Waals surface area contributed by atoms with E-state index < -0.39 is 17.9 Å². The van der Waals surface area contributed by atoms with Gasteiger partial charge in [-0.05, 0) is 42.3 Å². The van der Waals surface area contributed by atoms with Gasteiger partial charge in [-0.1, -0.05) is 55.8 Å². The van der Waals surface area contributed by atoms with Crippen LogP contribution in [0.1, 0.15) is 35.3 Å². The molecule has 2 N–H and O–H groups in total. The van der Waals surface area contributed by atoms with Crippen molar-refractivity contribution in [1.82, 2.24) is 10.7 Å². The van der Waals surface area contributed by atoms with Gasteiger partial charge in [0.05, 0.1) is 6.21 Å². The third-order valence-corrected chi connectivity index (χ3v) is 5.88. The zero-order valence-corrected chi connectivity index (χ0v) is 20.6. The van der Waals surface area contributed by atoms with Crippen LogP contribution in [-0.2, 0) is 11.4 Å². The second-order valence-electron chi connectivity index (χ2n) is 8.42. The monoisotopic (exact) mass is 507 g/mol. The number of rotatable bonds is 9. The van der Waals surface area contributed by atoms with Crippen LogP contribution in [0.4, 0.5) is 0 Å². The summed E-state index contributed by atoms with van der Waals surface area (Å²) >= 11 is 6.21. The van der Waals surface area contributed by atoms with Crippen molar-refractivity contribution in [3.63, 3.8) is 0 Å². The molecule has 3 aromatic rings. The molecule has 0 fully saturated rings. The lowest BCUT2D eigenvalue weighted by Gasteiger charge is -2.20. The van der Waals surface area contributed by atoms with Crippen molar-refractivity contribution in [2.24, 2.45) is 11.0 Å². The number of hydrazone groups is 1.